The van der Waals surface area contributed by atoms with E-state index in [1.165, 1.54) is 6.07 Å². The van der Waals surface area contributed by atoms with Gasteiger partial charge in [0.05, 0.1) is 0 Å². The Morgan fingerprint density at radius 3 is 2.69 bits per heavy atom. The van der Waals surface area contributed by atoms with Crippen molar-refractivity contribution in [1.82, 2.24) is 5.64 Å². The second-order valence-corrected chi connectivity index (χ2v) is 4.55. The molecule has 5 nitrogen and oxygen atoms in total. The number of rotatable bonds is 3. The Hall–Kier alpha value is -1.47. The van der Waals surface area contributed by atoms with Crippen LogP contribution < -0.4 is 5.64 Å². The normalized spacial score (nSPS) is 11.8. The maximum Gasteiger partial charge on any atom is 0.315 e. The van der Waals surface area contributed by atoms with Crippen molar-refractivity contribution in [2.24, 2.45) is 0 Å². The van der Waals surface area contributed by atoms with Gasteiger partial charge in [-0.3, -0.25) is 5.21 Å². The first-order valence-electron chi connectivity index (χ1n) is 4.37. The summed E-state index contributed by atoms with van der Waals surface area (Å²) in [5.41, 5.74) is 1.15. The summed E-state index contributed by atoms with van der Waals surface area (Å²) in [6.07, 6.45) is 0. The predicted octanol–water partition coefficient (Wildman–Crippen LogP) is 1.24. The summed E-state index contributed by atoms with van der Waals surface area (Å²) in [7, 11) is -4.02. The van der Waals surface area contributed by atoms with Gasteiger partial charge in [0.25, 0.3) is 0 Å². The lowest BCUT2D eigenvalue weighted by molar-refractivity contribution is -0.0380. The van der Waals surface area contributed by atoms with Gasteiger partial charge in [0.1, 0.15) is 4.90 Å². The van der Waals surface area contributed by atoms with Crippen LogP contribution in [-0.2, 0) is 14.4 Å². The molecule has 2 N–H and O–H groups in total. The van der Waals surface area contributed by atoms with E-state index in [4.69, 9.17) is 5.21 Å². The van der Waals surface area contributed by atoms with E-state index < -0.39 is 10.1 Å². The van der Waals surface area contributed by atoms with E-state index in [1.807, 2.05) is 12.1 Å². The van der Waals surface area contributed by atoms with Crippen molar-refractivity contribution in [2.75, 3.05) is 0 Å². The molecule has 0 aliphatic carbocycles. The van der Waals surface area contributed by atoms with Gasteiger partial charge in [-0.2, -0.15) is 8.42 Å². The SMILES string of the molecule is O=S(=O)(ONO)c1[c]c2ccccc2cc1. The minimum absolute atomic E-state index is 0.146. The molecule has 0 saturated heterocycles. The van der Waals surface area contributed by atoms with Crippen molar-refractivity contribution in [1.29, 1.82) is 0 Å². The molecule has 0 spiro atoms. The fraction of sp³-hybridized carbons (Fsp3) is 0. The molecule has 0 amide bonds. The highest BCUT2D eigenvalue weighted by molar-refractivity contribution is 7.86. The lowest BCUT2D eigenvalue weighted by atomic mass is 10.1. The van der Waals surface area contributed by atoms with E-state index in [0.717, 1.165) is 11.0 Å². The molecular weight excluding hydrogens is 230 g/mol. The van der Waals surface area contributed by atoms with Crippen LogP contribution in [0.1, 0.15) is 0 Å². The molecule has 6 heteroatoms. The summed E-state index contributed by atoms with van der Waals surface area (Å²) in [4.78, 5) is -0.146. The topological polar surface area (TPSA) is 75.6 Å². The second kappa shape index (κ2) is 4.18. The Morgan fingerprint density at radius 1 is 1.19 bits per heavy atom. The van der Waals surface area contributed by atoms with Gasteiger partial charge in [-0.25, -0.2) is 0 Å². The number of hydrogen-bond acceptors (Lipinski definition) is 5. The zero-order valence-corrected chi connectivity index (χ0v) is 8.86. The minimum atomic E-state index is -4.02. The largest absolute Gasteiger partial charge is 0.315 e. The molecule has 2 aromatic carbocycles. The summed E-state index contributed by atoms with van der Waals surface area (Å²) < 4.78 is 26.8. The van der Waals surface area contributed by atoms with Crippen LogP contribution in [0.3, 0.4) is 0 Å². The zero-order chi connectivity index (χ0) is 11.6. The maximum atomic E-state index is 11.4. The molecule has 0 heterocycles. The molecule has 0 saturated carbocycles. The highest BCUT2D eigenvalue weighted by Crippen LogP contribution is 2.18. The van der Waals surface area contributed by atoms with Gasteiger partial charge in [-0.05, 0) is 16.8 Å². The zero-order valence-electron chi connectivity index (χ0n) is 8.04. The molecule has 0 aliphatic heterocycles. The van der Waals surface area contributed by atoms with E-state index in [9.17, 15) is 8.42 Å². The minimum Gasteiger partial charge on any atom is -0.291 e. The average molecular weight is 238 g/mol. The second-order valence-electron chi connectivity index (χ2n) is 3.04. The van der Waals surface area contributed by atoms with Crippen LogP contribution in [0.25, 0.3) is 10.8 Å². The van der Waals surface area contributed by atoms with Crippen LogP contribution in [0.5, 0.6) is 0 Å². The van der Waals surface area contributed by atoms with Crippen molar-refractivity contribution in [3.8, 4) is 0 Å². The summed E-state index contributed by atoms with van der Waals surface area (Å²) in [6, 6.07) is 12.9. The molecule has 2 rings (SSSR count). The molecule has 1 radical (unpaired) electrons. The van der Waals surface area contributed by atoms with Gasteiger partial charge in [-0.15, -0.1) is 4.28 Å². The van der Waals surface area contributed by atoms with Crippen LogP contribution in [-0.4, -0.2) is 13.6 Å². The van der Waals surface area contributed by atoms with Gasteiger partial charge in [0.2, 0.25) is 0 Å². The fourth-order valence-corrected chi connectivity index (χ4v) is 1.99. The van der Waals surface area contributed by atoms with Gasteiger partial charge >= 0.3 is 10.1 Å². The molecule has 0 aliphatic rings. The number of benzene rings is 2. The van der Waals surface area contributed by atoms with E-state index in [2.05, 4.69) is 10.4 Å². The molecule has 0 unspecified atom stereocenters. The third-order valence-corrected chi connectivity index (χ3v) is 3.12. The molecule has 83 valence electrons. The van der Waals surface area contributed by atoms with E-state index in [0.29, 0.717) is 5.39 Å². The van der Waals surface area contributed by atoms with Crippen molar-refractivity contribution < 1.29 is 17.9 Å². The predicted molar refractivity (Wildman–Crippen MR) is 56.0 cm³/mol. The van der Waals surface area contributed by atoms with E-state index in [1.54, 1.807) is 18.2 Å². The number of hydrogen-bond donors (Lipinski definition) is 2. The van der Waals surface area contributed by atoms with E-state index in [-0.39, 0.29) is 4.90 Å². The van der Waals surface area contributed by atoms with Crippen molar-refractivity contribution in [3.05, 3.63) is 42.5 Å². The lowest BCUT2D eigenvalue weighted by Crippen LogP contribution is -2.16. The highest BCUT2D eigenvalue weighted by Gasteiger charge is 2.15. The molecule has 16 heavy (non-hydrogen) atoms. The summed E-state index contributed by atoms with van der Waals surface area (Å²) in [5, 5.41) is 9.74. The number of nitrogens with one attached hydrogen (secondary N) is 1. The maximum absolute atomic E-state index is 11.4. The Labute approximate surface area is 92.3 Å². The monoisotopic (exact) mass is 238 g/mol. The molecule has 0 fully saturated rings. The van der Waals surface area contributed by atoms with Crippen LogP contribution in [0.4, 0.5) is 0 Å². The van der Waals surface area contributed by atoms with Gasteiger partial charge in [0.15, 0.2) is 0 Å². The van der Waals surface area contributed by atoms with Crippen molar-refractivity contribution in [2.45, 2.75) is 4.90 Å². The third-order valence-electron chi connectivity index (χ3n) is 2.05. The first kappa shape index (κ1) is 11.0. The third kappa shape index (κ3) is 2.05. The first-order valence-corrected chi connectivity index (χ1v) is 5.78. The highest BCUT2D eigenvalue weighted by atomic mass is 32.2. The molecule has 0 atom stereocenters. The molecule has 0 aromatic heterocycles. The van der Waals surface area contributed by atoms with Crippen molar-refractivity contribution in [3.63, 3.8) is 0 Å². The summed E-state index contributed by atoms with van der Waals surface area (Å²) in [6.45, 7) is 0. The quantitative estimate of drug-likeness (QED) is 0.787. The van der Waals surface area contributed by atoms with Gasteiger partial charge in [0, 0.05) is 6.07 Å². The standard InChI is InChI=1S/C10H8NO4S/c12-11-15-16(13,14)10-6-5-8-3-1-2-4-9(8)7-10/h1-6,11-12H. The van der Waals surface area contributed by atoms with Crippen LogP contribution >= 0.6 is 0 Å². The average Bonchev–Trinajstić information content (AvgIpc) is 2.28. The van der Waals surface area contributed by atoms with Crippen molar-refractivity contribution >= 4 is 20.9 Å². The first-order chi connectivity index (χ1) is 7.63. The lowest BCUT2D eigenvalue weighted by Gasteiger charge is -2.03. The summed E-state index contributed by atoms with van der Waals surface area (Å²) >= 11 is 0. The smallest absolute Gasteiger partial charge is 0.291 e. The summed E-state index contributed by atoms with van der Waals surface area (Å²) in [5.74, 6) is 0. The van der Waals surface area contributed by atoms with Crippen LogP contribution in [0, 0.1) is 6.07 Å². The Morgan fingerprint density at radius 2 is 1.94 bits per heavy atom. The molecule has 2 aromatic rings. The Bertz CT molecular complexity index is 609. The molecule has 0 bridgehead atoms. The number of fused-ring (bicyclic) bond motifs is 1. The fourth-order valence-electron chi connectivity index (χ4n) is 1.34. The van der Waals surface area contributed by atoms with E-state index >= 15 is 0 Å². The van der Waals surface area contributed by atoms with Gasteiger partial charge < -0.3 is 0 Å². The Balaban J connectivity index is 2.55. The van der Waals surface area contributed by atoms with Crippen LogP contribution in [0.15, 0.2) is 41.3 Å². The van der Waals surface area contributed by atoms with Crippen LogP contribution in [0.2, 0.25) is 0 Å². The van der Waals surface area contributed by atoms with Gasteiger partial charge in [-0.1, -0.05) is 36.0 Å². The molecular formula is C10H8NO4S. The Kier molecular flexibility index (Phi) is 2.88.